The van der Waals surface area contributed by atoms with Crippen LogP contribution in [0.2, 0.25) is 0 Å². The molecule has 17 heavy (non-hydrogen) atoms. The molecule has 0 bridgehead atoms. The Kier molecular flexibility index (Phi) is 3.85. The van der Waals surface area contributed by atoms with Gasteiger partial charge in [0.25, 0.3) is 0 Å². The lowest BCUT2D eigenvalue weighted by molar-refractivity contribution is -0.0462. The van der Waals surface area contributed by atoms with Gasteiger partial charge in [-0.15, -0.1) is 0 Å². The number of benzene rings is 1. The first kappa shape index (κ1) is 12.6. The maximum atomic E-state index is 10.4. The SMILES string of the molecule is CCOC(C1CC1)C(O)c1cc(C)cc(C)c1. The van der Waals surface area contributed by atoms with Gasteiger partial charge in [0, 0.05) is 6.61 Å². The first-order chi connectivity index (χ1) is 8.11. The molecule has 94 valence electrons. The zero-order chi connectivity index (χ0) is 12.4. The fraction of sp³-hybridized carbons (Fsp3) is 0.600. The van der Waals surface area contributed by atoms with Crippen LogP contribution in [0.1, 0.15) is 42.6 Å². The number of aryl methyl sites for hydroxylation is 2. The van der Waals surface area contributed by atoms with Crippen LogP contribution >= 0.6 is 0 Å². The molecule has 0 aliphatic heterocycles. The van der Waals surface area contributed by atoms with Crippen molar-refractivity contribution in [3.63, 3.8) is 0 Å². The average Bonchev–Trinajstić information content (AvgIpc) is 3.07. The molecule has 1 aliphatic rings. The fourth-order valence-electron chi connectivity index (χ4n) is 2.47. The highest BCUT2D eigenvalue weighted by molar-refractivity contribution is 5.30. The van der Waals surface area contributed by atoms with Crippen molar-refractivity contribution >= 4 is 0 Å². The van der Waals surface area contributed by atoms with E-state index in [1.165, 1.54) is 24.0 Å². The number of ether oxygens (including phenoxy) is 1. The Labute approximate surface area is 104 Å². The number of aliphatic hydroxyl groups excluding tert-OH is 1. The van der Waals surface area contributed by atoms with Crippen LogP contribution in [-0.2, 0) is 4.74 Å². The summed E-state index contributed by atoms with van der Waals surface area (Å²) in [6, 6.07) is 6.25. The zero-order valence-corrected chi connectivity index (χ0v) is 10.9. The molecule has 2 nitrogen and oxygen atoms in total. The molecule has 1 aromatic carbocycles. The van der Waals surface area contributed by atoms with Gasteiger partial charge in [-0.2, -0.15) is 0 Å². The summed E-state index contributed by atoms with van der Waals surface area (Å²) in [5.74, 6) is 0.547. The number of aliphatic hydroxyl groups is 1. The lowest BCUT2D eigenvalue weighted by atomic mass is 9.97. The molecule has 1 aromatic rings. The molecule has 1 aliphatic carbocycles. The Balaban J connectivity index is 2.18. The van der Waals surface area contributed by atoms with E-state index in [0.29, 0.717) is 12.5 Å². The summed E-state index contributed by atoms with van der Waals surface area (Å²) in [6.45, 7) is 6.79. The molecule has 0 radical (unpaired) electrons. The summed E-state index contributed by atoms with van der Waals surface area (Å²) in [5.41, 5.74) is 3.39. The maximum Gasteiger partial charge on any atom is 0.105 e. The van der Waals surface area contributed by atoms with Gasteiger partial charge in [0.05, 0.1) is 6.10 Å². The van der Waals surface area contributed by atoms with E-state index in [9.17, 15) is 5.11 Å². The van der Waals surface area contributed by atoms with E-state index in [2.05, 4.69) is 32.0 Å². The normalized spacial score (nSPS) is 19.1. The van der Waals surface area contributed by atoms with Gasteiger partial charge in [-0.05, 0) is 45.1 Å². The van der Waals surface area contributed by atoms with E-state index in [1.807, 2.05) is 6.92 Å². The standard InChI is InChI=1S/C15H22O2/c1-4-17-15(12-5-6-12)14(16)13-8-10(2)7-11(3)9-13/h7-9,12,14-16H,4-6H2,1-3H3. The van der Waals surface area contributed by atoms with Crippen LogP contribution in [0.15, 0.2) is 18.2 Å². The molecule has 0 spiro atoms. The monoisotopic (exact) mass is 234 g/mol. The second kappa shape index (κ2) is 5.19. The van der Waals surface area contributed by atoms with Gasteiger partial charge < -0.3 is 9.84 Å². The lowest BCUT2D eigenvalue weighted by Crippen LogP contribution is -2.24. The average molecular weight is 234 g/mol. The van der Waals surface area contributed by atoms with Crippen molar-refractivity contribution < 1.29 is 9.84 Å². The van der Waals surface area contributed by atoms with E-state index in [-0.39, 0.29) is 6.10 Å². The van der Waals surface area contributed by atoms with Crippen LogP contribution in [0, 0.1) is 19.8 Å². The highest BCUT2D eigenvalue weighted by Gasteiger charge is 2.37. The second-order valence-electron chi connectivity index (χ2n) is 5.12. The predicted molar refractivity (Wildman–Crippen MR) is 69.0 cm³/mol. The van der Waals surface area contributed by atoms with Crippen molar-refractivity contribution in [1.29, 1.82) is 0 Å². The van der Waals surface area contributed by atoms with Crippen LogP contribution in [0.3, 0.4) is 0 Å². The third kappa shape index (κ3) is 3.08. The summed E-state index contributed by atoms with van der Waals surface area (Å²) in [6.07, 6.45) is 1.86. The molecule has 0 amide bonds. The van der Waals surface area contributed by atoms with Crippen molar-refractivity contribution in [3.05, 3.63) is 34.9 Å². The Morgan fingerprint density at radius 1 is 1.24 bits per heavy atom. The molecule has 0 saturated heterocycles. The van der Waals surface area contributed by atoms with Crippen LogP contribution < -0.4 is 0 Å². The van der Waals surface area contributed by atoms with Crippen molar-refractivity contribution in [2.75, 3.05) is 6.61 Å². The number of hydrogen-bond acceptors (Lipinski definition) is 2. The van der Waals surface area contributed by atoms with E-state index in [1.54, 1.807) is 0 Å². The molecule has 2 heteroatoms. The number of rotatable bonds is 5. The van der Waals surface area contributed by atoms with E-state index in [4.69, 9.17) is 4.74 Å². The zero-order valence-electron chi connectivity index (χ0n) is 10.9. The molecule has 2 atom stereocenters. The van der Waals surface area contributed by atoms with Gasteiger partial charge in [0.2, 0.25) is 0 Å². The molecule has 2 unspecified atom stereocenters. The molecule has 1 saturated carbocycles. The van der Waals surface area contributed by atoms with Crippen LogP contribution in [0.4, 0.5) is 0 Å². The smallest absolute Gasteiger partial charge is 0.105 e. The Hall–Kier alpha value is -0.860. The fourth-order valence-corrected chi connectivity index (χ4v) is 2.47. The van der Waals surface area contributed by atoms with Crippen molar-refractivity contribution in [2.24, 2.45) is 5.92 Å². The van der Waals surface area contributed by atoms with Crippen LogP contribution in [0.25, 0.3) is 0 Å². The first-order valence-electron chi connectivity index (χ1n) is 6.49. The van der Waals surface area contributed by atoms with Crippen molar-refractivity contribution in [3.8, 4) is 0 Å². The minimum Gasteiger partial charge on any atom is -0.386 e. The summed E-state index contributed by atoms with van der Waals surface area (Å²) >= 11 is 0. The molecule has 1 N–H and O–H groups in total. The summed E-state index contributed by atoms with van der Waals surface area (Å²) in [5, 5.41) is 10.4. The van der Waals surface area contributed by atoms with Gasteiger partial charge in [0.15, 0.2) is 0 Å². The largest absolute Gasteiger partial charge is 0.386 e. The van der Waals surface area contributed by atoms with Crippen molar-refractivity contribution in [1.82, 2.24) is 0 Å². The van der Waals surface area contributed by atoms with Gasteiger partial charge in [-0.1, -0.05) is 29.3 Å². The first-order valence-corrected chi connectivity index (χ1v) is 6.49. The highest BCUT2D eigenvalue weighted by Crippen LogP contribution is 2.40. The lowest BCUT2D eigenvalue weighted by Gasteiger charge is -2.23. The van der Waals surface area contributed by atoms with Crippen molar-refractivity contribution in [2.45, 2.75) is 45.8 Å². The molecule has 2 rings (SSSR count). The highest BCUT2D eigenvalue weighted by atomic mass is 16.5. The summed E-state index contributed by atoms with van der Waals surface area (Å²) in [4.78, 5) is 0. The molecule has 1 fully saturated rings. The number of hydrogen-bond donors (Lipinski definition) is 1. The van der Waals surface area contributed by atoms with Gasteiger partial charge in [-0.3, -0.25) is 0 Å². The molecule has 0 aromatic heterocycles. The Morgan fingerprint density at radius 2 is 1.82 bits per heavy atom. The molecular weight excluding hydrogens is 212 g/mol. The molecule has 0 heterocycles. The summed E-state index contributed by atoms with van der Waals surface area (Å²) in [7, 11) is 0. The van der Waals surface area contributed by atoms with Gasteiger partial charge in [0.1, 0.15) is 6.10 Å². The Bertz CT molecular complexity index is 362. The predicted octanol–water partition coefficient (Wildman–Crippen LogP) is 3.15. The second-order valence-corrected chi connectivity index (χ2v) is 5.12. The minimum atomic E-state index is -0.485. The van der Waals surface area contributed by atoms with Crippen LogP contribution in [0.5, 0.6) is 0 Å². The topological polar surface area (TPSA) is 29.5 Å². The third-order valence-corrected chi connectivity index (χ3v) is 3.34. The third-order valence-electron chi connectivity index (χ3n) is 3.34. The van der Waals surface area contributed by atoms with Gasteiger partial charge >= 0.3 is 0 Å². The van der Waals surface area contributed by atoms with Gasteiger partial charge in [-0.25, -0.2) is 0 Å². The molecular formula is C15H22O2. The van der Waals surface area contributed by atoms with E-state index in [0.717, 1.165) is 5.56 Å². The minimum absolute atomic E-state index is 0.0267. The maximum absolute atomic E-state index is 10.4. The van der Waals surface area contributed by atoms with E-state index >= 15 is 0 Å². The van der Waals surface area contributed by atoms with E-state index < -0.39 is 6.10 Å². The summed E-state index contributed by atoms with van der Waals surface area (Å²) < 4.78 is 5.71. The van der Waals surface area contributed by atoms with Crippen LogP contribution in [-0.4, -0.2) is 17.8 Å². The quantitative estimate of drug-likeness (QED) is 0.848. The Morgan fingerprint density at radius 3 is 2.29 bits per heavy atom.